The molecule has 4 N–H and O–H groups in total. The van der Waals surface area contributed by atoms with E-state index in [0.29, 0.717) is 22.1 Å². The van der Waals surface area contributed by atoms with Crippen LogP contribution < -0.4 is 16.1 Å². The van der Waals surface area contributed by atoms with Crippen molar-refractivity contribution in [2.24, 2.45) is 5.73 Å². The third-order valence-corrected chi connectivity index (χ3v) is 9.32. The van der Waals surface area contributed by atoms with E-state index >= 15 is 0 Å². The summed E-state index contributed by atoms with van der Waals surface area (Å²) in [6.07, 6.45) is 7.52. The average molecular weight is 682 g/mol. The molecule has 240 valence electrons. The molecular formula is C35H34Cl2N2O6S. The molecule has 46 heavy (non-hydrogen) atoms. The number of fused-ring (bicyclic) bond motifs is 2. The third kappa shape index (κ3) is 7.09. The first kappa shape index (κ1) is 33.5. The van der Waals surface area contributed by atoms with Crippen LogP contribution in [0.15, 0.2) is 80.8 Å². The van der Waals surface area contributed by atoms with Gasteiger partial charge in [0.05, 0.1) is 16.2 Å². The highest BCUT2D eigenvalue weighted by Gasteiger charge is 2.25. The van der Waals surface area contributed by atoms with Crippen molar-refractivity contribution in [3.63, 3.8) is 0 Å². The Labute approximate surface area is 277 Å². The third-order valence-electron chi connectivity index (χ3n) is 7.82. The van der Waals surface area contributed by atoms with Crippen LogP contribution in [0.25, 0.3) is 45.6 Å². The highest BCUT2D eigenvalue weighted by Crippen LogP contribution is 2.45. The van der Waals surface area contributed by atoms with Gasteiger partial charge in [-0.3, -0.25) is 9.35 Å². The van der Waals surface area contributed by atoms with E-state index in [2.05, 4.69) is 18.7 Å². The number of phenols is 1. The van der Waals surface area contributed by atoms with Gasteiger partial charge in [0.1, 0.15) is 22.0 Å². The van der Waals surface area contributed by atoms with E-state index in [0.717, 1.165) is 43.5 Å². The number of benzene rings is 4. The zero-order valence-corrected chi connectivity index (χ0v) is 27.7. The minimum Gasteiger partial charge on any atom is -0.506 e. The summed E-state index contributed by atoms with van der Waals surface area (Å²) in [5.41, 5.74) is 9.29. The number of halogens is 2. The Morgan fingerprint density at radius 2 is 1.61 bits per heavy atom. The fourth-order valence-corrected chi connectivity index (χ4v) is 6.55. The maximum absolute atomic E-state index is 12.8. The first-order valence-corrected chi connectivity index (χ1v) is 17.1. The second kappa shape index (κ2) is 13.9. The van der Waals surface area contributed by atoms with Crippen molar-refractivity contribution >= 4 is 62.1 Å². The SMILES string of the molecule is CCCCN(c1ccc(/C=C\c2ccc(-c3c4cc(Cl)c(=O)cc-4oc4cc(O)c(Cl)cc34)c(S(=O)(=O)O)c2)cc1)C(N)CCC. The Balaban J connectivity index is 1.58. The van der Waals surface area contributed by atoms with Crippen molar-refractivity contribution in [1.29, 1.82) is 0 Å². The van der Waals surface area contributed by atoms with Crippen LogP contribution in [0.1, 0.15) is 50.7 Å². The monoisotopic (exact) mass is 680 g/mol. The molecule has 3 aromatic carbocycles. The average Bonchev–Trinajstić information content (AvgIpc) is 3.01. The Hall–Kier alpha value is -3.86. The fraction of sp³-hybridized carbons (Fsp3) is 0.229. The van der Waals surface area contributed by atoms with Gasteiger partial charge in [-0.25, -0.2) is 0 Å². The summed E-state index contributed by atoms with van der Waals surface area (Å²) in [6.45, 7) is 5.14. The maximum atomic E-state index is 12.8. The quantitative estimate of drug-likeness (QED) is 0.0546. The van der Waals surface area contributed by atoms with Crippen molar-refractivity contribution in [2.75, 3.05) is 11.4 Å². The number of unbranched alkanes of at least 4 members (excludes halogenated alkanes) is 1. The van der Waals surface area contributed by atoms with E-state index < -0.39 is 15.5 Å². The summed E-state index contributed by atoms with van der Waals surface area (Å²) in [5.74, 6) is -0.156. The van der Waals surface area contributed by atoms with Crippen LogP contribution in [0.4, 0.5) is 5.69 Å². The van der Waals surface area contributed by atoms with E-state index in [1.807, 2.05) is 30.3 Å². The van der Waals surface area contributed by atoms with Gasteiger partial charge in [0.25, 0.3) is 10.1 Å². The first-order chi connectivity index (χ1) is 21.9. The second-order valence-corrected chi connectivity index (χ2v) is 13.3. The lowest BCUT2D eigenvalue weighted by Crippen LogP contribution is -2.42. The van der Waals surface area contributed by atoms with Crippen LogP contribution in [-0.4, -0.2) is 30.8 Å². The standard InChI is InChI=1S/C35H34Cl2N2O6S/c1-3-5-15-39(34(38)6-4-2)23-12-9-21(10-13-23)7-8-22-11-14-24(33(16-22)46(42,43)44)35-25-17-27(36)29(40)19-31(25)45-32-20-30(41)28(37)18-26(32)35/h7-14,16-20,34,40H,3-6,15,38H2,1-2H3,(H,42,43,44)/b8-7-. The highest BCUT2D eigenvalue weighted by atomic mass is 35.5. The van der Waals surface area contributed by atoms with Gasteiger partial charge in [0.15, 0.2) is 0 Å². The minimum absolute atomic E-state index is 0.00495. The Morgan fingerprint density at radius 1 is 0.913 bits per heavy atom. The molecule has 2 aliphatic rings. The molecule has 3 aromatic rings. The number of aromatic hydroxyl groups is 1. The Bertz CT molecular complexity index is 2060. The van der Waals surface area contributed by atoms with Gasteiger partial charge in [0, 0.05) is 46.4 Å². The van der Waals surface area contributed by atoms with Gasteiger partial charge < -0.3 is 20.2 Å². The summed E-state index contributed by atoms with van der Waals surface area (Å²) in [7, 11) is -4.76. The van der Waals surface area contributed by atoms with Crippen molar-refractivity contribution in [2.45, 2.75) is 50.6 Å². The van der Waals surface area contributed by atoms with E-state index in [9.17, 15) is 22.9 Å². The number of rotatable bonds is 11. The summed E-state index contributed by atoms with van der Waals surface area (Å²) in [4.78, 5) is 14.2. The van der Waals surface area contributed by atoms with E-state index in [1.54, 1.807) is 18.2 Å². The molecule has 1 unspecified atom stereocenters. The van der Waals surface area contributed by atoms with Gasteiger partial charge in [-0.05, 0) is 54.3 Å². The summed E-state index contributed by atoms with van der Waals surface area (Å²) < 4.78 is 41.8. The van der Waals surface area contributed by atoms with Crippen molar-refractivity contribution in [3.05, 3.63) is 98.1 Å². The predicted molar refractivity (Wildman–Crippen MR) is 187 cm³/mol. The summed E-state index contributed by atoms with van der Waals surface area (Å²) in [5, 5.41) is 10.4. The molecule has 1 heterocycles. The fourth-order valence-electron chi connectivity index (χ4n) is 5.49. The summed E-state index contributed by atoms with van der Waals surface area (Å²) >= 11 is 12.4. The highest BCUT2D eigenvalue weighted by molar-refractivity contribution is 7.86. The molecule has 0 amide bonds. The number of anilines is 1. The first-order valence-electron chi connectivity index (χ1n) is 14.9. The van der Waals surface area contributed by atoms with E-state index in [-0.39, 0.29) is 43.8 Å². The molecule has 0 fully saturated rings. The summed E-state index contributed by atoms with van der Waals surface area (Å²) in [6, 6.07) is 17.9. The van der Waals surface area contributed by atoms with Gasteiger partial charge >= 0.3 is 0 Å². The van der Waals surface area contributed by atoms with Crippen molar-refractivity contribution < 1.29 is 22.5 Å². The molecule has 0 radical (unpaired) electrons. The van der Waals surface area contributed by atoms with Crippen LogP contribution >= 0.6 is 23.2 Å². The van der Waals surface area contributed by atoms with E-state index in [4.69, 9.17) is 33.4 Å². The normalized spacial score (nSPS) is 12.7. The van der Waals surface area contributed by atoms with Crippen molar-refractivity contribution in [1.82, 2.24) is 0 Å². The molecular weight excluding hydrogens is 647 g/mol. The number of phenolic OH excluding ortho intramolecular Hbond substituents is 1. The van der Waals surface area contributed by atoms with Gasteiger partial charge in [-0.15, -0.1) is 0 Å². The number of nitrogens with zero attached hydrogens (tertiary/aromatic N) is 1. The zero-order valence-electron chi connectivity index (χ0n) is 25.3. The molecule has 5 rings (SSSR count). The number of hydrogen-bond donors (Lipinski definition) is 3. The van der Waals surface area contributed by atoms with Crippen LogP contribution in [0.3, 0.4) is 0 Å². The lowest BCUT2D eigenvalue weighted by Gasteiger charge is -2.31. The zero-order chi connectivity index (χ0) is 33.2. The predicted octanol–water partition coefficient (Wildman–Crippen LogP) is 8.69. The van der Waals surface area contributed by atoms with Crippen LogP contribution in [0, 0.1) is 0 Å². The second-order valence-electron chi connectivity index (χ2n) is 11.1. The molecule has 11 heteroatoms. The maximum Gasteiger partial charge on any atom is 0.295 e. The Morgan fingerprint density at radius 3 is 2.28 bits per heavy atom. The number of hydrogen-bond acceptors (Lipinski definition) is 7. The molecule has 0 aromatic heterocycles. The van der Waals surface area contributed by atoms with E-state index in [1.165, 1.54) is 30.3 Å². The molecule has 1 atom stereocenters. The van der Waals surface area contributed by atoms with Crippen LogP contribution in [0.5, 0.6) is 5.75 Å². The van der Waals surface area contributed by atoms with Gasteiger partial charge in [-0.2, -0.15) is 8.42 Å². The number of nitrogens with two attached hydrogens (primary N) is 1. The smallest absolute Gasteiger partial charge is 0.295 e. The van der Waals surface area contributed by atoms with Crippen LogP contribution in [0.2, 0.25) is 10.0 Å². The molecule has 0 saturated carbocycles. The van der Waals surface area contributed by atoms with Gasteiger partial charge in [-0.1, -0.05) is 86.3 Å². The molecule has 1 aliphatic carbocycles. The Kier molecular flexibility index (Phi) is 10.1. The van der Waals surface area contributed by atoms with Gasteiger partial charge in [0.2, 0.25) is 5.43 Å². The van der Waals surface area contributed by atoms with Crippen molar-refractivity contribution in [3.8, 4) is 28.2 Å². The lowest BCUT2D eigenvalue weighted by molar-refractivity contribution is 0.474. The molecule has 0 spiro atoms. The largest absolute Gasteiger partial charge is 0.506 e. The topological polar surface area (TPSA) is 134 Å². The van der Waals surface area contributed by atoms with Crippen LogP contribution in [-0.2, 0) is 10.1 Å². The lowest BCUT2D eigenvalue weighted by atomic mass is 9.93. The molecule has 1 aliphatic heterocycles. The molecule has 8 nitrogen and oxygen atoms in total. The minimum atomic E-state index is -4.76. The molecule has 0 saturated heterocycles. The molecule has 0 bridgehead atoms.